The third-order valence-corrected chi connectivity index (χ3v) is 4.97. The number of nitrogens with zero attached hydrogens (tertiary/aromatic N) is 3. The molecule has 0 atom stereocenters. The lowest BCUT2D eigenvalue weighted by Gasteiger charge is -2.31. The summed E-state index contributed by atoms with van der Waals surface area (Å²) in [5, 5.41) is 5.06. The number of rotatable bonds is 3. The molecule has 4 aliphatic rings. The molecule has 0 saturated carbocycles. The predicted molar refractivity (Wildman–Crippen MR) is 98.6 cm³/mol. The zero-order valence-electron chi connectivity index (χ0n) is 12.6. The van der Waals surface area contributed by atoms with E-state index in [1.54, 1.807) is 48.4 Å². The standard InChI is InChI=1S/C16H14N4O2S2/c1-5-21-12(9-17-1)16-15(13-10-18-2-8-24-13)20(4-6-22-16)14-11-23-7-3-19-14/h1-6,9-11,17H,7-8H2. The molecule has 0 bridgehead atoms. The molecule has 0 unspecified atom stereocenters. The van der Waals surface area contributed by atoms with Crippen LogP contribution in [0.4, 0.5) is 0 Å². The Morgan fingerprint density at radius 1 is 1.17 bits per heavy atom. The average molecular weight is 358 g/mol. The van der Waals surface area contributed by atoms with Gasteiger partial charge >= 0.3 is 0 Å². The summed E-state index contributed by atoms with van der Waals surface area (Å²) >= 11 is 3.40. The molecular weight excluding hydrogens is 344 g/mol. The van der Waals surface area contributed by atoms with Crippen molar-refractivity contribution in [1.82, 2.24) is 10.2 Å². The van der Waals surface area contributed by atoms with Gasteiger partial charge in [0.1, 0.15) is 24.0 Å². The average Bonchev–Trinajstić information content (AvgIpc) is 2.69. The van der Waals surface area contributed by atoms with E-state index in [4.69, 9.17) is 9.47 Å². The van der Waals surface area contributed by atoms with Crippen LogP contribution in [0.1, 0.15) is 0 Å². The molecule has 8 heteroatoms. The van der Waals surface area contributed by atoms with Crippen molar-refractivity contribution in [2.45, 2.75) is 0 Å². The Bertz CT molecular complexity index is 775. The molecule has 0 amide bonds. The minimum atomic E-state index is 0.603. The smallest absolute Gasteiger partial charge is 0.195 e. The molecule has 4 heterocycles. The molecule has 0 aromatic heterocycles. The fraction of sp³-hybridized carbons (Fsp3) is 0.125. The zero-order chi connectivity index (χ0) is 16.2. The van der Waals surface area contributed by atoms with Crippen molar-refractivity contribution in [3.05, 3.63) is 70.7 Å². The summed E-state index contributed by atoms with van der Waals surface area (Å²) in [5.74, 6) is 3.76. The van der Waals surface area contributed by atoms with Crippen molar-refractivity contribution in [3.63, 3.8) is 0 Å². The maximum atomic E-state index is 5.80. The van der Waals surface area contributed by atoms with Gasteiger partial charge in [0.2, 0.25) is 0 Å². The van der Waals surface area contributed by atoms with Gasteiger partial charge < -0.3 is 14.8 Å². The highest BCUT2D eigenvalue weighted by Gasteiger charge is 2.29. The Morgan fingerprint density at radius 2 is 2.17 bits per heavy atom. The Hall–Kier alpha value is -2.32. The number of hydrogen-bond donors (Lipinski definition) is 1. The van der Waals surface area contributed by atoms with E-state index in [0.717, 1.165) is 27.9 Å². The zero-order valence-corrected chi connectivity index (χ0v) is 14.2. The fourth-order valence-electron chi connectivity index (χ4n) is 2.32. The molecule has 24 heavy (non-hydrogen) atoms. The van der Waals surface area contributed by atoms with Gasteiger partial charge in [-0.1, -0.05) is 0 Å². The Morgan fingerprint density at radius 3 is 2.92 bits per heavy atom. The summed E-state index contributed by atoms with van der Waals surface area (Å²) in [5.41, 5.74) is 0.869. The molecule has 0 fully saturated rings. The lowest BCUT2D eigenvalue weighted by Crippen LogP contribution is -2.24. The third kappa shape index (κ3) is 3.02. The number of aliphatic imine (C=N–C) groups is 2. The van der Waals surface area contributed by atoms with Crippen LogP contribution in [-0.2, 0) is 9.47 Å². The number of ether oxygens (including phenoxy) is 2. The Kier molecular flexibility index (Phi) is 4.48. The van der Waals surface area contributed by atoms with Gasteiger partial charge in [-0.3, -0.25) is 9.89 Å². The minimum Gasteiger partial charge on any atom is -0.458 e. The first-order valence-corrected chi connectivity index (χ1v) is 9.31. The second-order valence-corrected chi connectivity index (χ2v) is 6.77. The van der Waals surface area contributed by atoms with Crippen LogP contribution >= 0.6 is 23.5 Å². The molecule has 4 rings (SSSR count). The van der Waals surface area contributed by atoms with E-state index in [2.05, 4.69) is 15.3 Å². The van der Waals surface area contributed by atoms with E-state index in [1.807, 2.05) is 35.1 Å². The van der Waals surface area contributed by atoms with Crippen LogP contribution in [0.5, 0.6) is 0 Å². The van der Waals surface area contributed by atoms with Gasteiger partial charge in [-0.05, 0) is 0 Å². The third-order valence-electron chi connectivity index (χ3n) is 3.32. The van der Waals surface area contributed by atoms with E-state index < -0.39 is 0 Å². The number of thioether (sulfide) groups is 2. The number of hydrogen-bond acceptors (Lipinski definition) is 8. The highest BCUT2D eigenvalue weighted by Crippen LogP contribution is 2.39. The molecule has 0 saturated heterocycles. The minimum absolute atomic E-state index is 0.603. The van der Waals surface area contributed by atoms with Crippen LogP contribution in [0.25, 0.3) is 0 Å². The number of nitrogens with one attached hydrogen (secondary N) is 1. The molecule has 1 N–H and O–H groups in total. The van der Waals surface area contributed by atoms with Crippen molar-refractivity contribution in [3.8, 4) is 0 Å². The summed E-state index contributed by atoms with van der Waals surface area (Å²) in [6, 6.07) is 0. The first-order chi connectivity index (χ1) is 11.9. The largest absolute Gasteiger partial charge is 0.458 e. The molecule has 0 spiro atoms. The monoisotopic (exact) mass is 358 g/mol. The molecule has 4 aliphatic heterocycles. The van der Waals surface area contributed by atoms with Crippen LogP contribution in [0, 0.1) is 0 Å². The van der Waals surface area contributed by atoms with Crippen LogP contribution in [0.3, 0.4) is 0 Å². The SMILES string of the molecule is C1=COC(C2=C(C3=CN=CCS3)N(C3=CSCC=N3)C=CO2)=CN1. The predicted octanol–water partition coefficient (Wildman–Crippen LogP) is 3.21. The molecule has 0 aromatic carbocycles. The lowest BCUT2D eigenvalue weighted by atomic mass is 10.2. The maximum Gasteiger partial charge on any atom is 0.195 e. The molecule has 0 aliphatic carbocycles. The van der Waals surface area contributed by atoms with Gasteiger partial charge in [-0.15, -0.1) is 23.5 Å². The first kappa shape index (κ1) is 15.2. The van der Waals surface area contributed by atoms with E-state index in [-0.39, 0.29) is 0 Å². The summed E-state index contributed by atoms with van der Waals surface area (Å²) in [6.07, 6.45) is 14.2. The molecule has 0 aromatic rings. The summed E-state index contributed by atoms with van der Waals surface area (Å²) in [7, 11) is 0. The van der Waals surface area contributed by atoms with Crippen molar-refractivity contribution in [2.75, 3.05) is 11.5 Å². The second kappa shape index (κ2) is 7.06. The van der Waals surface area contributed by atoms with Crippen LogP contribution < -0.4 is 5.32 Å². The van der Waals surface area contributed by atoms with E-state index in [0.29, 0.717) is 11.5 Å². The molecule has 6 nitrogen and oxygen atoms in total. The molecule has 122 valence electrons. The fourth-order valence-corrected chi connectivity index (χ4v) is 3.71. The summed E-state index contributed by atoms with van der Waals surface area (Å²) in [4.78, 5) is 11.8. The highest BCUT2D eigenvalue weighted by molar-refractivity contribution is 8.04. The topological polar surface area (TPSA) is 58.5 Å². The molecular formula is C16H14N4O2S2. The van der Waals surface area contributed by atoms with Gasteiger partial charge in [0.15, 0.2) is 11.5 Å². The quantitative estimate of drug-likeness (QED) is 0.836. The van der Waals surface area contributed by atoms with E-state index >= 15 is 0 Å². The highest BCUT2D eigenvalue weighted by atomic mass is 32.2. The Balaban J connectivity index is 1.80. The van der Waals surface area contributed by atoms with E-state index in [1.165, 1.54) is 0 Å². The van der Waals surface area contributed by atoms with E-state index in [9.17, 15) is 0 Å². The van der Waals surface area contributed by atoms with Crippen molar-refractivity contribution < 1.29 is 9.47 Å². The van der Waals surface area contributed by atoms with Gasteiger partial charge in [0, 0.05) is 54.1 Å². The van der Waals surface area contributed by atoms with Gasteiger partial charge in [0.05, 0.1) is 4.91 Å². The van der Waals surface area contributed by atoms with Gasteiger partial charge in [0.25, 0.3) is 0 Å². The van der Waals surface area contributed by atoms with Crippen LogP contribution in [0.15, 0.2) is 80.7 Å². The van der Waals surface area contributed by atoms with Crippen molar-refractivity contribution >= 4 is 36.0 Å². The normalized spacial score (nSPS) is 22.3. The molecule has 0 radical (unpaired) electrons. The van der Waals surface area contributed by atoms with Gasteiger partial charge in [-0.2, -0.15) is 0 Å². The van der Waals surface area contributed by atoms with Crippen molar-refractivity contribution in [2.24, 2.45) is 9.98 Å². The Labute approximate surface area is 148 Å². The summed E-state index contributed by atoms with van der Waals surface area (Å²) in [6.45, 7) is 0. The summed E-state index contributed by atoms with van der Waals surface area (Å²) < 4.78 is 11.4. The maximum absolute atomic E-state index is 5.80. The van der Waals surface area contributed by atoms with Crippen LogP contribution in [0.2, 0.25) is 0 Å². The van der Waals surface area contributed by atoms with Crippen LogP contribution in [-0.4, -0.2) is 28.8 Å². The first-order valence-electron chi connectivity index (χ1n) is 7.28. The van der Waals surface area contributed by atoms with Crippen molar-refractivity contribution in [1.29, 1.82) is 0 Å². The second-order valence-electron chi connectivity index (χ2n) is 4.80. The van der Waals surface area contributed by atoms with Gasteiger partial charge in [-0.25, -0.2) is 4.99 Å². The lowest BCUT2D eigenvalue weighted by molar-refractivity contribution is 0.245.